The molecule has 0 unspecified atom stereocenters. The van der Waals surface area contributed by atoms with Gasteiger partial charge in [-0.15, -0.1) is 0 Å². The summed E-state index contributed by atoms with van der Waals surface area (Å²) in [6, 6.07) is 7.03. The number of rotatable bonds is 2. The van der Waals surface area contributed by atoms with Crippen molar-refractivity contribution in [1.82, 2.24) is 9.72 Å². The third kappa shape index (κ3) is 1.81. The summed E-state index contributed by atoms with van der Waals surface area (Å²) in [5, 5.41) is 3.65. The Labute approximate surface area is 108 Å². The highest BCUT2D eigenvalue weighted by Gasteiger charge is 2.14. The lowest BCUT2D eigenvalue weighted by Crippen LogP contribution is -2.15. The SMILES string of the molecule is CC(C)n1c(=O)oc2ccc(-c3cc(N)no3)cc21. The fourth-order valence-electron chi connectivity index (χ4n) is 2.10. The van der Waals surface area contributed by atoms with Gasteiger partial charge in [0.05, 0.1) is 5.52 Å². The van der Waals surface area contributed by atoms with Gasteiger partial charge in [-0.2, -0.15) is 0 Å². The second-order valence-electron chi connectivity index (χ2n) is 4.63. The molecule has 0 aliphatic carbocycles. The Bertz CT molecular complexity index is 795. The molecule has 6 nitrogen and oxygen atoms in total. The van der Waals surface area contributed by atoms with Gasteiger partial charge in [0.1, 0.15) is 0 Å². The van der Waals surface area contributed by atoms with Crippen LogP contribution in [-0.2, 0) is 0 Å². The van der Waals surface area contributed by atoms with E-state index in [0.717, 1.165) is 11.1 Å². The van der Waals surface area contributed by atoms with Crippen molar-refractivity contribution in [2.24, 2.45) is 0 Å². The van der Waals surface area contributed by atoms with E-state index in [1.165, 1.54) is 0 Å². The van der Waals surface area contributed by atoms with Crippen LogP contribution in [0.5, 0.6) is 0 Å². The van der Waals surface area contributed by atoms with Crippen LogP contribution >= 0.6 is 0 Å². The highest BCUT2D eigenvalue weighted by atomic mass is 16.5. The van der Waals surface area contributed by atoms with Gasteiger partial charge in [-0.1, -0.05) is 5.16 Å². The van der Waals surface area contributed by atoms with E-state index in [1.807, 2.05) is 19.9 Å². The van der Waals surface area contributed by atoms with E-state index < -0.39 is 0 Å². The van der Waals surface area contributed by atoms with Gasteiger partial charge in [0, 0.05) is 17.7 Å². The monoisotopic (exact) mass is 259 g/mol. The Morgan fingerprint density at radius 1 is 1.32 bits per heavy atom. The number of hydrogen-bond acceptors (Lipinski definition) is 5. The van der Waals surface area contributed by atoms with Gasteiger partial charge in [0.15, 0.2) is 17.2 Å². The van der Waals surface area contributed by atoms with Crippen LogP contribution in [0, 0.1) is 0 Å². The zero-order chi connectivity index (χ0) is 13.6. The molecule has 2 heterocycles. The first-order chi connectivity index (χ1) is 9.06. The van der Waals surface area contributed by atoms with Crippen molar-refractivity contribution in [1.29, 1.82) is 0 Å². The molecule has 3 rings (SSSR count). The molecule has 98 valence electrons. The smallest absolute Gasteiger partial charge is 0.408 e. The van der Waals surface area contributed by atoms with Gasteiger partial charge < -0.3 is 14.7 Å². The quantitative estimate of drug-likeness (QED) is 0.763. The van der Waals surface area contributed by atoms with E-state index >= 15 is 0 Å². The second kappa shape index (κ2) is 4.01. The Morgan fingerprint density at radius 3 is 2.74 bits per heavy atom. The summed E-state index contributed by atoms with van der Waals surface area (Å²) in [6.07, 6.45) is 0. The largest absolute Gasteiger partial charge is 0.420 e. The highest BCUT2D eigenvalue weighted by molar-refractivity contribution is 5.79. The fraction of sp³-hybridized carbons (Fsp3) is 0.231. The molecule has 2 N–H and O–H groups in total. The summed E-state index contributed by atoms with van der Waals surface area (Å²) < 4.78 is 11.9. The van der Waals surface area contributed by atoms with Crippen molar-refractivity contribution in [3.63, 3.8) is 0 Å². The van der Waals surface area contributed by atoms with Crippen LogP contribution in [0.3, 0.4) is 0 Å². The molecule has 6 heteroatoms. The minimum absolute atomic E-state index is 0.0174. The highest BCUT2D eigenvalue weighted by Crippen LogP contribution is 2.26. The van der Waals surface area contributed by atoms with Gasteiger partial charge in [-0.3, -0.25) is 4.57 Å². The van der Waals surface area contributed by atoms with Crippen molar-refractivity contribution >= 4 is 16.9 Å². The van der Waals surface area contributed by atoms with Gasteiger partial charge in [-0.25, -0.2) is 4.79 Å². The minimum atomic E-state index is -0.362. The third-order valence-electron chi connectivity index (χ3n) is 2.94. The first-order valence-corrected chi connectivity index (χ1v) is 5.94. The molecule has 1 aromatic carbocycles. The molecular weight excluding hydrogens is 246 g/mol. The Balaban J connectivity index is 2.25. The van der Waals surface area contributed by atoms with E-state index in [2.05, 4.69) is 5.16 Å². The molecule has 0 spiro atoms. The molecule has 0 bridgehead atoms. The average Bonchev–Trinajstić information content (AvgIpc) is 2.90. The first-order valence-electron chi connectivity index (χ1n) is 5.94. The maximum absolute atomic E-state index is 11.8. The van der Waals surface area contributed by atoms with Crippen LogP contribution in [-0.4, -0.2) is 9.72 Å². The Morgan fingerprint density at radius 2 is 2.11 bits per heavy atom. The minimum Gasteiger partial charge on any atom is -0.408 e. The second-order valence-corrected chi connectivity index (χ2v) is 4.63. The lowest BCUT2D eigenvalue weighted by Gasteiger charge is -2.05. The maximum Gasteiger partial charge on any atom is 0.420 e. The average molecular weight is 259 g/mol. The molecule has 19 heavy (non-hydrogen) atoms. The molecule has 3 aromatic rings. The van der Waals surface area contributed by atoms with Gasteiger partial charge in [0.25, 0.3) is 0 Å². The molecule has 0 aliphatic heterocycles. The van der Waals surface area contributed by atoms with Crippen molar-refractivity contribution in [2.75, 3.05) is 5.73 Å². The van der Waals surface area contributed by atoms with Crippen LogP contribution in [0.2, 0.25) is 0 Å². The lowest BCUT2D eigenvalue weighted by atomic mass is 10.1. The molecule has 2 aromatic heterocycles. The molecule has 0 aliphatic rings. The number of hydrogen-bond donors (Lipinski definition) is 1. The number of benzene rings is 1. The zero-order valence-electron chi connectivity index (χ0n) is 10.6. The summed E-state index contributed by atoms with van der Waals surface area (Å²) in [6.45, 7) is 3.85. The molecule has 0 atom stereocenters. The normalized spacial score (nSPS) is 11.5. The molecule has 0 amide bonds. The van der Waals surface area contributed by atoms with Crippen LogP contribution in [0.25, 0.3) is 22.4 Å². The van der Waals surface area contributed by atoms with Gasteiger partial charge in [0.2, 0.25) is 0 Å². The van der Waals surface area contributed by atoms with Crippen molar-refractivity contribution in [3.8, 4) is 11.3 Å². The van der Waals surface area contributed by atoms with Crippen LogP contribution < -0.4 is 11.5 Å². The van der Waals surface area contributed by atoms with E-state index in [-0.39, 0.29) is 11.8 Å². The molecule has 0 fully saturated rings. The molecule has 0 saturated carbocycles. The fourth-order valence-corrected chi connectivity index (χ4v) is 2.10. The molecule has 0 saturated heterocycles. The topological polar surface area (TPSA) is 87.2 Å². The van der Waals surface area contributed by atoms with Crippen LogP contribution in [0.15, 0.2) is 38.0 Å². The van der Waals surface area contributed by atoms with Crippen molar-refractivity contribution in [2.45, 2.75) is 19.9 Å². The predicted octanol–water partition coefficient (Wildman–Crippen LogP) is 2.41. The predicted molar refractivity (Wildman–Crippen MR) is 70.8 cm³/mol. The van der Waals surface area contributed by atoms with Gasteiger partial charge in [-0.05, 0) is 32.0 Å². The van der Waals surface area contributed by atoms with E-state index in [0.29, 0.717) is 17.2 Å². The lowest BCUT2D eigenvalue weighted by molar-refractivity contribution is 0.436. The maximum atomic E-state index is 11.8. The van der Waals surface area contributed by atoms with E-state index in [9.17, 15) is 4.79 Å². The summed E-state index contributed by atoms with van der Waals surface area (Å²) in [7, 11) is 0. The third-order valence-corrected chi connectivity index (χ3v) is 2.94. The van der Waals surface area contributed by atoms with E-state index in [4.69, 9.17) is 14.7 Å². The summed E-state index contributed by atoms with van der Waals surface area (Å²) >= 11 is 0. The standard InChI is InChI=1S/C13H13N3O3/c1-7(2)16-9-5-8(11-6-12(14)15-19-11)3-4-10(9)18-13(16)17/h3-7H,1-2H3,(H2,14,15). The molecular formula is C13H13N3O3. The number of nitrogen functional groups attached to an aromatic ring is 1. The number of fused-ring (bicyclic) bond motifs is 1. The number of anilines is 1. The molecule has 0 radical (unpaired) electrons. The van der Waals surface area contributed by atoms with Crippen molar-refractivity contribution in [3.05, 3.63) is 34.8 Å². The Hall–Kier alpha value is -2.50. The van der Waals surface area contributed by atoms with E-state index in [1.54, 1.807) is 22.8 Å². The Kier molecular flexibility index (Phi) is 2.45. The van der Waals surface area contributed by atoms with Crippen LogP contribution in [0.1, 0.15) is 19.9 Å². The summed E-state index contributed by atoms with van der Waals surface area (Å²) in [4.78, 5) is 11.8. The number of nitrogens with two attached hydrogens (primary N) is 1. The number of aromatic nitrogens is 2. The first kappa shape index (κ1) is 11.6. The van der Waals surface area contributed by atoms with Gasteiger partial charge >= 0.3 is 5.76 Å². The zero-order valence-corrected chi connectivity index (χ0v) is 10.6. The summed E-state index contributed by atoms with van der Waals surface area (Å²) in [5.41, 5.74) is 7.61. The number of oxazole rings is 1. The number of nitrogens with zero attached hydrogens (tertiary/aromatic N) is 2. The summed E-state index contributed by atoms with van der Waals surface area (Å²) in [5.74, 6) is 0.520. The van der Waals surface area contributed by atoms with Crippen LogP contribution in [0.4, 0.5) is 5.82 Å². The van der Waals surface area contributed by atoms with Crippen molar-refractivity contribution < 1.29 is 8.94 Å².